The van der Waals surface area contributed by atoms with Crippen LogP contribution in [0.4, 0.5) is 0 Å². The van der Waals surface area contributed by atoms with E-state index in [1.54, 1.807) is 0 Å². The van der Waals surface area contributed by atoms with Gasteiger partial charge in [0, 0.05) is 25.7 Å². The van der Waals surface area contributed by atoms with Gasteiger partial charge in [0.15, 0.2) is 12.2 Å². The molecule has 0 radical (unpaired) electrons. The summed E-state index contributed by atoms with van der Waals surface area (Å²) in [4.78, 5) is 72.5. The molecule has 0 saturated carbocycles. The largest absolute Gasteiger partial charge is 0.472 e. The van der Waals surface area contributed by atoms with E-state index in [0.29, 0.717) is 43.4 Å². The minimum absolute atomic E-state index is 0.102. The summed E-state index contributed by atoms with van der Waals surface area (Å²) in [5.41, 5.74) is 0. The number of hydrogen-bond acceptors (Lipinski definition) is 15. The number of rotatable bonds is 70. The highest BCUT2D eigenvalue weighted by Gasteiger charge is 2.30. The molecule has 0 spiro atoms. The molecule has 0 amide bonds. The standard InChI is InChI=1S/C73H142O17P2/c1-9-66(8)52-44-36-28-20-18-16-14-12-10-11-13-15-17-19-21-29-39-47-55-72(77)89-68(59-83-70(75)53-45-37-30-22-25-33-41-49-63(2)3)61-87-91(79,80)85-57-67(74)58-86-92(81,82)88-62-69(90-73(78)56-48-40-32-24-27-35-43-51-65(6)7)60-84-71(76)54-46-38-31-23-26-34-42-50-64(4)5/h63-69,74H,9-62H2,1-8H3,(H,79,80)(H,81,82)/t66?,67?,68-,69-/m1/s1. The van der Waals surface area contributed by atoms with Crippen molar-refractivity contribution in [1.82, 2.24) is 0 Å². The summed E-state index contributed by atoms with van der Waals surface area (Å²) >= 11 is 0. The molecule has 0 heterocycles. The number of carbonyl (C=O) groups is 4. The van der Waals surface area contributed by atoms with E-state index in [-0.39, 0.29) is 25.7 Å². The molecule has 0 aromatic rings. The summed E-state index contributed by atoms with van der Waals surface area (Å²) < 4.78 is 68.3. The Labute approximate surface area is 562 Å². The first-order chi connectivity index (χ1) is 44.1. The summed E-state index contributed by atoms with van der Waals surface area (Å²) in [5.74, 6) is 0.846. The van der Waals surface area contributed by atoms with Crippen LogP contribution in [0.2, 0.25) is 0 Å². The van der Waals surface area contributed by atoms with Crippen LogP contribution in [0, 0.1) is 23.7 Å². The number of aliphatic hydroxyl groups is 1. The van der Waals surface area contributed by atoms with Gasteiger partial charge in [0.2, 0.25) is 0 Å². The quantitative estimate of drug-likeness (QED) is 0.0222. The fourth-order valence-electron chi connectivity index (χ4n) is 11.0. The average Bonchev–Trinajstić information content (AvgIpc) is 3.09. The molecule has 0 saturated heterocycles. The summed E-state index contributed by atoms with van der Waals surface area (Å²) in [5, 5.41) is 10.6. The van der Waals surface area contributed by atoms with Gasteiger partial charge in [-0.25, -0.2) is 9.13 Å². The van der Waals surface area contributed by atoms with Crippen LogP contribution in [0.3, 0.4) is 0 Å². The van der Waals surface area contributed by atoms with Gasteiger partial charge in [-0.05, 0) is 49.4 Å². The number of phosphoric acid groups is 2. The Morgan fingerprint density at radius 1 is 0.304 bits per heavy atom. The van der Waals surface area contributed by atoms with Crippen molar-refractivity contribution in [2.45, 2.75) is 382 Å². The number of unbranched alkanes of at least 4 members (excludes halogenated alkanes) is 35. The lowest BCUT2D eigenvalue weighted by Crippen LogP contribution is -2.30. The van der Waals surface area contributed by atoms with Crippen LogP contribution in [0.25, 0.3) is 0 Å². The van der Waals surface area contributed by atoms with Crippen molar-refractivity contribution in [3.63, 3.8) is 0 Å². The zero-order valence-corrected chi connectivity index (χ0v) is 62.0. The molecule has 3 N–H and O–H groups in total. The third-order valence-corrected chi connectivity index (χ3v) is 19.1. The SMILES string of the molecule is CCC(C)CCCCCCCCCCCCCCCCCCCCC(=O)O[C@H](COC(=O)CCCCCCCCCC(C)C)COP(=O)(O)OCC(O)COP(=O)(O)OC[C@@H](COC(=O)CCCCCCCCCC(C)C)OC(=O)CCCCCCCCCC(C)C. The maximum Gasteiger partial charge on any atom is 0.472 e. The monoisotopic (exact) mass is 1350 g/mol. The van der Waals surface area contributed by atoms with Crippen LogP contribution >= 0.6 is 15.6 Å². The molecule has 92 heavy (non-hydrogen) atoms. The second kappa shape index (κ2) is 62.6. The van der Waals surface area contributed by atoms with Crippen LogP contribution in [0.15, 0.2) is 0 Å². The lowest BCUT2D eigenvalue weighted by molar-refractivity contribution is -0.161. The van der Waals surface area contributed by atoms with Crippen molar-refractivity contribution in [2.75, 3.05) is 39.6 Å². The Balaban J connectivity index is 5.14. The molecule has 0 fully saturated rings. The molecule has 0 aromatic carbocycles. The molecule has 6 atom stereocenters. The second-order valence-corrected chi connectivity index (χ2v) is 30.9. The predicted octanol–water partition coefficient (Wildman–Crippen LogP) is 20.9. The van der Waals surface area contributed by atoms with Gasteiger partial charge in [-0.1, -0.05) is 312 Å². The summed E-state index contributed by atoms with van der Waals surface area (Å²) in [7, 11) is -9.90. The molecule has 0 aliphatic carbocycles. The summed E-state index contributed by atoms with van der Waals surface area (Å²) in [6.07, 6.45) is 46.2. The zero-order valence-electron chi connectivity index (χ0n) is 60.2. The third-order valence-electron chi connectivity index (χ3n) is 17.2. The molecule has 17 nitrogen and oxygen atoms in total. The van der Waals surface area contributed by atoms with Crippen molar-refractivity contribution >= 4 is 39.5 Å². The number of phosphoric ester groups is 2. The Kier molecular flexibility index (Phi) is 61.3. The molecule has 0 rings (SSSR count). The van der Waals surface area contributed by atoms with Crippen molar-refractivity contribution in [2.24, 2.45) is 23.7 Å². The number of carbonyl (C=O) groups excluding carboxylic acids is 4. The van der Waals surface area contributed by atoms with E-state index in [4.69, 9.17) is 37.0 Å². The van der Waals surface area contributed by atoms with E-state index in [0.717, 1.165) is 109 Å². The van der Waals surface area contributed by atoms with Gasteiger partial charge in [0.05, 0.1) is 26.4 Å². The number of aliphatic hydroxyl groups excluding tert-OH is 1. The van der Waals surface area contributed by atoms with Crippen molar-refractivity contribution in [1.29, 1.82) is 0 Å². The highest BCUT2D eigenvalue weighted by Crippen LogP contribution is 2.45. The Bertz CT molecular complexity index is 1820. The molecule has 0 bridgehead atoms. The van der Waals surface area contributed by atoms with Gasteiger partial charge in [-0.2, -0.15) is 0 Å². The van der Waals surface area contributed by atoms with Gasteiger partial charge in [-0.15, -0.1) is 0 Å². The molecule has 0 aliphatic rings. The van der Waals surface area contributed by atoms with Gasteiger partial charge in [0.1, 0.15) is 19.3 Å². The summed E-state index contributed by atoms with van der Waals surface area (Å²) in [6, 6.07) is 0. The fourth-order valence-corrected chi connectivity index (χ4v) is 12.6. The molecular weight excluding hydrogens is 1210 g/mol. The van der Waals surface area contributed by atoms with Crippen LogP contribution in [-0.2, 0) is 65.4 Å². The maximum atomic E-state index is 13.0. The first-order valence-corrected chi connectivity index (χ1v) is 40.7. The number of esters is 4. The van der Waals surface area contributed by atoms with Gasteiger partial charge in [0.25, 0.3) is 0 Å². The summed E-state index contributed by atoms with van der Waals surface area (Å²) in [6.45, 7) is 14.1. The average molecular weight is 1350 g/mol. The highest BCUT2D eigenvalue weighted by molar-refractivity contribution is 7.47. The Morgan fingerprint density at radius 3 is 0.772 bits per heavy atom. The second-order valence-electron chi connectivity index (χ2n) is 28.0. The molecule has 0 aliphatic heterocycles. The smallest absolute Gasteiger partial charge is 0.462 e. The molecule has 0 aromatic heterocycles. The fraction of sp³-hybridized carbons (Fsp3) is 0.945. The predicted molar refractivity (Wildman–Crippen MR) is 372 cm³/mol. The minimum Gasteiger partial charge on any atom is -0.462 e. The molecule has 19 heteroatoms. The van der Waals surface area contributed by atoms with Gasteiger partial charge in [-0.3, -0.25) is 37.3 Å². The van der Waals surface area contributed by atoms with E-state index in [2.05, 4.69) is 55.4 Å². The van der Waals surface area contributed by atoms with Crippen molar-refractivity contribution in [3.05, 3.63) is 0 Å². The minimum atomic E-state index is -4.95. The number of hydrogen-bond donors (Lipinski definition) is 3. The molecule has 4 unspecified atom stereocenters. The molecular formula is C73H142O17P2. The highest BCUT2D eigenvalue weighted by atomic mass is 31.2. The number of ether oxygens (including phenoxy) is 4. The van der Waals surface area contributed by atoms with E-state index in [1.807, 2.05) is 0 Å². The maximum absolute atomic E-state index is 13.0. The van der Waals surface area contributed by atoms with E-state index in [9.17, 15) is 43.2 Å². The van der Waals surface area contributed by atoms with E-state index < -0.39 is 97.5 Å². The van der Waals surface area contributed by atoms with Crippen molar-refractivity contribution in [3.8, 4) is 0 Å². The van der Waals surface area contributed by atoms with E-state index in [1.165, 1.54) is 154 Å². The normalized spacial score (nSPS) is 14.5. The lowest BCUT2D eigenvalue weighted by Gasteiger charge is -2.21. The Hall–Kier alpha value is -1.94. The van der Waals surface area contributed by atoms with Crippen molar-refractivity contribution < 1.29 is 80.2 Å². The van der Waals surface area contributed by atoms with Crippen LogP contribution in [-0.4, -0.2) is 96.7 Å². The Morgan fingerprint density at radius 2 is 0.522 bits per heavy atom. The van der Waals surface area contributed by atoms with Gasteiger partial charge >= 0.3 is 39.5 Å². The first-order valence-electron chi connectivity index (χ1n) is 37.7. The lowest BCUT2D eigenvalue weighted by atomic mass is 9.99. The topological polar surface area (TPSA) is 237 Å². The zero-order chi connectivity index (χ0) is 68.2. The third kappa shape index (κ3) is 65.4. The van der Waals surface area contributed by atoms with Crippen LogP contribution < -0.4 is 0 Å². The molecule has 546 valence electrons. The van der Waals surface area contributed by atoms with Crippen LogP contribution in [0.1, 0.15) is 364 Å². The first kappa shape index (κ1) is 90.1. The van der Waals surface area contributed by atoms with Gasteiger partial charge < -0.3 is 33.8 Å². The van der Waals surface area contributed by atoms with E-state index >= 15 is 0 Å². The van der Waals surface area contributed by atoms with Crippen LogP contribution in [0.5, 0.6) is 0 Å².